The Morgan fingerprint density at radius 1 is 1.22 bits per heavy atom. The van der Waals surface area contributed by atoms with E-state index in [-0.39, 0.29) is 10.6 Å². The van der Waals surface area contributed by atoms with Crippen LogP contribution in [0.15, 0.2) is 52.5 Å². The number of aryl methyl sites for hydroxylation is 1. The second kappa shape index (κ2) is 12.6. The number of aromatic nitrogens is 2. The summed E-state index contributed by atoms with van der Waals surface area (Å²) in [4.78, 5) is 5.00. The van der Waals surface area contributed by atoms with E-state index in [0.717, 1.165) is 24.8 Å². The third-order valence-corrected chi connectivity index (χ3v) is 9.25. The lowest BCUT2D eigenvalue weighted by Crippen LogP contribution is -2.39. The van der Waals surface area contributed by atoms with Gasteiger partial charge < -0.3 is 14.0 Å². The van der Waals surface area contributed by atoms with Gasteiger partial charge in [0.2, 0.25) is 10.0 Å². The van der Waals surface area contributed by atoms with E-state index >= 15 is 0 Å². The number of fused-ring (bicyclic) bond motifs is 1. The molecule has 1 aromatic heterocycles. The van der Waals surface area contributed by atoms with Crippen LogP contribution in [0.4, 0.5) is 8.78 Å². The third kappa shape index (κ3) is 6.81. The second-order valence-corrected chi connectivity index (χ2v) is 12.0. The predicted molar refractivity (Wildman–Crippen MR) is 141 cm³/mol. The molecule has 11 heteroatoms. The number of nitrogens with zero attached hydrogens (tertiary/aromatic N) is 3. The summed E-state index contributed by atoms with van der Waals surface area (Å²) in [6, 6.07) is 11.8. The Labute approximate surface area is 221 Å². The van der Waals surface area contributed by atoms with Gasteiger partial charge in [0.15, 0.2) is 5.16 Å². The van der Waals surface area contributed by atoms with Crippen LogP contribution in [0.25, 0.3) is 11.0 Å². The molecule has 0 saturated carbocycles. The normalized spacial score (nSPS) is 17.1. The molecule has 1 fully saturated rings. The molecule has 0 amide bonds. The molecule has 1 unspecified atom stereocenters. The van der Waals surface area contributed by atoms with Gasteiger partial charge in [-0.2, -0.15) is 13.1 Å². The summed E-state index contributed by atoms with van der Waals surface area (Å²) in [5, 5.41) is 0.680. The van der Waals surface area contributed by atoms with Crippen LogP contribution in [-0.4, -0.2) is 55.2 Å². The zero-order valence-corrected chi connectivity index (χ0v) is 22.7. The molecule has 7 nitrogen and oxygen atoms in total. The zero-order valence-electron chi connectivity index (χ0n) is 21.1. The summed E-state index contributed by atoms with van der Waals surface area (Å²) >= 11 is 1.40. The highest BCUT2D eigenvalue weighted by Gasteiger charge is 2.29. The van der Waals surface area contributed by atoms with Crippen molar-refractivity contribution in [1.29, 1.82) is 0 Å². The van der Waals surface area contributed by atoms with E-state index in [0.29, 0.717) is 60.8 Å². The number of rotatable bonds is 12. The number of halogens is 2. The third-order valence-electron chi connectivity index (χ3n) is 6.36. The van der Waals surface area contributed by atoms with Crippen LogP contribution in [0.1, 0.15) is 38.7 Å². The summed E-state index contributed by atoms with van der Waals surface area (Å²) in [5.41, 5.74) is 2.03. The van der Waals surface area contributed by atoms with Gasteiger partial charge in [0, 0.05) is 44.2 Å². The van der Waals surface area contributed by atoms with Crippen LogP contribution in [0.3, 0.4) is 0 Å². The summed E-state index contributed by atoms with van der Waals surface area (Å²) < 4.78 is 66.2. The van der Waals surface area contributed by atoms with Crippen LogP contribution in [0.2, 0.25) is 0 Å². The second-order valence-electron chi connectivity index (χ2n) is 9.13. The summed E-state index contributed by atoms with van der Waals surface area (Å²) in [6.07, 6.45) is 2.64. The number of alkyl halides is 2. The maximum absolute atomic E-state index is 13.3. The summed E-state index contributed by atoms with van der Waals surface area (Å²) in [7, 11) is -3.62. The molecule has 1 atom stereocenters. The molecule has 4 rings (SSSR count). The predicted octanol–water partition coefficient (Wildman–Crippen LogP) is 5.78. The Hall–Kier alpha value is -2.21. The van der Waals surface area contributed by atoms with Crippen molar-refractivity contribution in [3.05, 3.63) is 48.0 Å². The van der Waals surface area contributed by atoms with Crippen molar-refractivity contribution in [2.75, 3.05) is 26.3 Å². The Kier molecular flexibility index (Phi) is 9.44. The van der Waals surface area contributed by atoms with E-state index in [2.05, 4.69) is 11.7 Å². The van der Waals surface area contributed by atoms with E-state index in [1.54, 1.807) is 40.7 Å². The van der Waals surface area contributed by atoms with Gasteiger partial charge in [-0.1, -0.05) is 36.9 Å². The van der Waals surface area contributed by atoms with Gasteiger partial charge in [-0.25, -0.2) is 13.4 Å². The van der Waals surface area contributed by atoms with E-state index in [1.165, 1.54) is 17.8 Å². The molecular weight excluding hydrogens is 520 g/mol. The minimum atomic E-state index is -3.62. The van der Waals surface area contributed by atoms with Crippen molar-refractivity contribution in [1.82, 2.24) is 13.9 Å². The molecule has 1 aliphatic rings. The fraction of sp³-hybridized carbons (Fsp3) is 0.500. The average Bonchev–Trinajstić information content (AvgIpc) is 3.22. The number of ether oxygens (including phenoxy) is 2. The Morgan fingerprint density at radius 3 is 2.78 bits per heavy atom. The maximum Gasteiger partial charge on any atom is 0.387 e. The number of hydrogen-bond acceptors (Lipinski definition) is 6. The monoisotopic (exact) mass is 553 g/mol. The lowest BCUT2D eigenvalue weighted by Gasteiger charge is -2.30. The standard InChI is InChI=1S/C26H33F2N3O4S2/c1-3-34-15-7-14-31-23-12-11-21(37(32,33)30-13-6-8-19(2)17-30)16-22(23)29-26(31)36-18-20-9-4-5-10-24(20)35-25(27)28/h4-5,9-12,16,19,25H,3,6-8,13-15,17-18H2,1-2H3. The fourth-order valence-electron chi connectivity index (χ4n) is 4.53. The smallest absolute Gasteiger partial charge is 0.387 e. The molecule has 1 saturated heterocycles. The van der Waals surface area contributed by atoms with Gasteiger partial charge in [0.05, 0.1) is 15.9 Å². The van der Waals surface area contributed by atoms with Crippen LogP contribution in [0, 0.1) is 5.92 Å². The van der Waals surface area contributed by atoms with Crippen molar-refractivity contribution in [2.45, 2.75) is 62.1 Å². The van der Waals surface area contributed by atoms with Crippen molar-refractivity contribution < 1.29 is 26.7 Å². The Morgan fingerprint density at radius 2 is 2.03 bits per heavy atom. The molecule has 0 radical (unpaired) electrons. The molecule has 0 aliphatic carbocycles. The fourth-order valence-corrected chi connectivity index (χ4v) is 7.18. The summed E-state index contributed by atoms with van der Waals surface area (Å²) in [6.45, 7) is 4.00. The van der Waals surface area contributed by atoms with Gasteiger partial charge in [-0.05, 0) is 56.4 Å². The Bertz CT molecular complexity index is 1300. The number of thioether (sulfide) groups is 1. The Balaban J connectivity index is 1.63. The average molecular weight is 554 g/mol. The van der Waals surface area contributed by atoms with Crippen LogP contribution >= 0.6 is 11.8 Å². The molecule has 0 spiro atoms. The number of imidazole rings is 1. The number of sulfonamides is 1. The molecule has 0 N–H and O–H groups in total. The van der Waals surface area contributed by atoms with Gasteiger partial charge >= 0.3 is 6.61 Å². The van der Waals surface area contributed by atoms with Crippen LogP contribution < -0.4 is 4.74 Å². The quantitative estimate of drug-likeness (QED) is 0.209. The van der Waals surface area contributed by atoms with Crippen molar-refractivity contribution in [3.8, 4) is 5.75 Å². The van der Waals surface area contributed by atoms with E-state index in [1.807, 2.05) is 11.5 Å². The molecular formula is C26H33F2N3O4S2. The highest BCUT2D eigenvalue weighted by molar-refractivity contribution is 7.98. The van der Waals surface area contributed by atoms with Crippen LogP contribution in [0.5, 0.6) is 5.75 Å². The zero-order chi connectivity index (χ0) is 26.4. The highest BCUT2D eigenvalue weighted by Crippen LogP contribution is 2.32. The van der Waals surface area contributed by atoms with E-state index < -0.39 is 16.6 Å². The summed E-state index contributed by atoms with van der Waals surface area (Å²) in [5.74, 6) is 0.832. The molecule has 2 heterocycles. The molecule has 37 heavy (non-hydrogen) atoms. The highest BCUT2D eigenvalue weighted by atomic mass is 32.2. The van der Waals surface area contributed by atoms with Crippen molar-refractivity contribution >= 4 is 32.8 Å². The van der Waals surface area contributed by atoms with Gasteiger partial charge in [-0.3, -0.25) is 0 Å². The first-order valence-electron chi connectivity index (χ1n) is 12.5. The molecule has 2 aromatic carbocycles. The number of benzene rings is 2. The topological polar surface area (TPSA) is 73.7 Å². The van der Waals surface area contributed by atoms with Crippen LogP contribution in [-0.2, 0) is 27.1 Å². The minimum Gasteiger partial charge on any atom is -0.435 e. The van der Waals surface area contributed by atoms with Gasteiger partial charge in [0.25, 0.3) is 0 Å². The van der Waals surface area contributed by atoms with Crippen molar-refractivity contribution in [3.63, 3.8) is 0 Å². The molecule has 0 bridgehead atoms. The first-order chi connectivity index (χ1) is 17.8. The largest absolute Gasteiger partial charge is 0.435 e. The maximum atomic E-state index is 13.3. The minimum absolute atomic E-state index is 0.133. The van der Waals surface area contributed by atoms with Crippen molar-refractivity contribution in [2.24, 2.45) is 5.92 Å². The molecule has 1 aliphatic heterocycles. The van der Waals surface area contributed by atoms with Gasteiger partial charge in [-0.15, -0.1) is 0 Å². The lowest BCUT2D eigenvalue weighted by atomic mass is 10.0. The SMILES string of the molecule is CCOCCCn1c(SCc2ccccc2OC(F)F)nc2cc(S(=O)(=O)N3CCCC(C)C3)ccc21. The first kappa shape index (κ1) is 27.8. The molecule has 202 valence electrons. The lowest BCUT2D eigenvalue weighted by molar-refractivity contribution is -0.0503. The number of piperidine rings is 1. The van der Waals surface area contributed by atoms with E-state index in [4.69, 9.17) is 9.72 Å². The van der Waals surface area contributed by atoms with E-state index in [9.17, 15) is 17.2 Å². The number of hydrogen-bond donors (Lipinski definition) is 0. The number of para-hydroxylation sites is 1. The first-order valence-corrected chi connectivity index (χ1v) is 15.0. The molecule has 3 aromatic rings. The van der Waals surface area contributed by atoms with Gasteiger partial charge in [0.1, 0.15) is 5.75 Å².